The van der Waals surface area contributed by atoms with Gasteiger partial charge in [0.25, 0.3) is 0 Å². The molecule has 0 aliphatic heterocycles. The molecule has 4 heteroatoms. The maximum Gasteiger partial charge on any atom is 0.0426 e. The number of hydrogen-bond donors (Lipinski definition) is 0. The molecule has 0 unspecified atom stereocenters. The zero-order valence-corrected chi connectivity index (χ0v) is 22.9. The van der Waals surface area contributed by atoms with Crippen molar-refractivity contribution in [2.45, 2.75) is 27.7 Å². The number of thiophene rings is 1. The first-order valence-corrected chi connectivity index (χ1v) is 11.9. The van der Waals surface area contributed by atoms with Crippen molar-refractivity contribution in [2.24, 2.45) is 0 Å². The molecule has 1 radical (unpaired) electrons. The first-order chi connectivity index (χ1) is 16.0. The van der Waals surface area contributed by atoms with Crippen LogP contribution in [0.25, 0.3) is 43.3 Å². The zero-order valence-electron chi connectivity index (χ0n) is 19.6. The molecule has 0 bridgehead atoms. The summed E-state index contributed by atoms with van der Waals surface area (Å²) in [5.74, 6) is 0. The Balaban J connectivity index is 0.00000274. The Morgan fingerprint density at radius 2 is 1.29 bits per heavy atom. The Labute approximate surface area is 219 Å². The normalized spacial score (nSPS) is 10.7. The molecule has 2 aromatic heterocycles. The molecule has 0 fully saturated rings. The number of aryl methyl sites for hydroxylation is 4. The molecule has 0 aliphatic carbocycles. The number of hydrogen-bond acceptors (Lipinski definition) is 3. The van der Waals surface area contributed by atoms with Gasteiger partial charge in [-0.2, -0.15) is 12.1 Å². The molecule has 5 aromatic rings. The van der Waals surface area contributed by atoms with Gasteiger partial charge in [-0.05, 0) is 79.0 Å². The first-order valence-electron chi connectivity index (χ1n) is 11.1. The van der Waals surface area contributed by atoms with Crippen LogP contribution >= 0.6 is 11.3 Å². The Morgan fingerprint density at radius 1 is 0.706 bits per heavy atom. The molecule has 34 heavy (non-hydrogen) atoms. The van der Waals surface area contributed by atoms with E-state index in [4.69, 9.17) is 0 Å². The number of aromatic nitrogens is 2. The summed E-state index contributed by atoms with van der Waals surface area (Å²) in [7, 11) is 0. The molecule has 0 saturated carbocycles. The Bertz CT molecular complexity index is 1380. The summed E-state index contributed by atoms with van der Waals surface area (Å²) in [5.41, 5.74) is 12.2. The van der Waals surface area contributed by atoms with Gasteiger partial charge < -0.3 is 4.98 Å². The van der Waals surface area contributed by atoms with Gasteiger partial charge in [0, 0.05) is 32.5 Å². The molecule has 0 atom stereocenters. The van der Waals surface area contributed by atoms with Crippen LogP contribution in [0.5, 0.6) is 0 Å². The van der Waals surface area contributed by atoms with Crippen molar-refractivity contribution in [3.05, 3.63) is 108 Å². The zero-order chi connectivity index (χ0) is 22.9. The van der Waals surface area contributed by atoms with Crippen molar-refractivity contribution >= 4 is 11.3 Å². The van der Waals surface area contributed by atoms with Gasteiger partial charge in [-0.25, -0.2) is 11.3 Å². The minimum absolute atomic E-state index is 0. The van der Waals surface area contributed by atoms with Crippen molar-refractivity contribution in [1.29, 1.82) is 0 Å². The summed E-state index contributed by atoms with van der Waals surface area (Å²) in [6, 6.07) is 25.7. The maximum absolute atomic E-state index is 4.45. The van der Waals surface area contributed by atoms with Crippen LogP contribution in [0.15, 0.2) is 79.3 Å². The fourth-order valence-corrected chi connectivity index (χ4v) is 5.06. The maximum atomic E-state index is 4.45. The molecule has 2 nitrogen and oxygen atoms in total. The smallest absolute Gasteiger partial charge is 0.0426 e. The minimum atomic E-state index is 0. The second-order valence-electron chi connectivity index (χ2n) is 8.61. The summed E-state index contributed by atoms with van der Waals surface area (Å²) in [6.45, 7) is 8.67. The van der Waals surface area contributed by atoms with Crippen molar-refractivity contribution in [1.82, 2.24) is 9.97 Å². The molecular weight excluding hydrogens is 613 g/mol. The average Bonchev–Trinajstić information content (AvgIpc) is 3.33. The number of benzene rings is 3. The molecule has 171 valence electrons. The third-order valence-electron chi connectivity index (χ3n) is 5.97. The van der Waals surface area contributed by atoms with Crippen LogP contribution in [0, 0.1) is 33.8 Å². The summed E-state index contributed by atoms with van der Waals surface area (Å²) >= 11 is 1.70. The van der Waals surface area contributed by atoms with E-state index < -0.39 is 0 Å². The monoisotopic (exact) mass is 638 g/mol. The Kier molecular flexibility index (Phi) is 7.23. The molecule has 0 aliphatic rings. The van der Waals surface area contributed by atoms with Gasteiger partial charge in [0.2, 0.25) is 0 Å². The quantitative estimate of drug-likeness (QED) is 0.186. The van der Waals surface area contributed by atoms with E-state index in [1.165, 1.54) is 54.9 Å². The summed E-state index contributed by atoms with van der Waals surface area (Å²) in [6.07, 6.45) is 5.21. The topological polar surface area (TPSA) is 25.8 Å². The predicted octanol–water partition coefficient (Wildman–Crippen LogP) is 8.24. The molecule has 0 N–H and O–H groups in total. The van der Waals surface area contributed by atoms with Gasteiger partial charge in [-0.15, -0.1) is 0 Å². The van der Waals surface area contributed by atoms with E-state index >= 15 is 0 Å². The molecule has 0 spiro atoms. The van der Waals surface area contributed by atoms with Crippen LogP contribution in [-0.4, -0.2) is 9.97 Å². The van der Waals surface area contributed by atoms with Crippen molar-refractivity contribution in [3.8, 4) is 43.3 Å². The average molecular weight is 638 g/mol. The van der Waals surface area contributed by atoms with Crippen LogP contribution in [-0.2, 0) is 20.1 Å². The van der Waals surface area contributed by atoms with E-state index in [0.29, 0.717) is 0 Å². The van der Waals surface area contributed by atoms with Crippen LogP contribution in [0.2, 0.25) is 0 Å². The Morgan fingerprint density at radius 3 is 1.85 bits per heavy atom. The second-order valence-corrected chi connectivity index (χ2v) is 9.66. The third kappa shape index (κ3) is 4.95. The van der Waals surface area contributed by atoms with E-state index in [1.807, 2.05) is 0 Å². The van der Waals surface area contributed by atoms with Gasteiger partial charge in [-0.1, -0.05) is 75.0 Å². The van der Waals surface area contributed by atoms with Gasteiger partial charge >= 0.3 is 0 Å². The standard InChI is InChI=1S/C30H25N2S.Ir/c1-19-5-7-21(3)26(13-19)23-15-24(27-14-20(2)6-8-22(27)4)17-25(16-23)29-9-10-30(33-29)28-18-31-11-12-32-28;/h5-9,11-18H,1-4H3;/q-1;. The fraction of sp³-hybridized carbons (Fsp3) is 0.133. The van der Waals surface area contributed by atoms with E-state index in [1.54, 1.807) is 29.9 Å². The van der Waals surface area contributed by atoms with E-state index in [0.717, 1.165) is 10.6 Å². The molecule has 2 heterocycles. The summed E-state index contributed by atoms with van der Waals surface area (Å²) < 4.78 is 0. The molecule has 0 saturated heterocycles. The van der Waals surface area contributed by atoms with E-state index in [2.05, 4.69) is 104 Å². The van der Waals surface area contributed by atoms with E-state index in [-0.39, 0.29) is 20.1 Å². The van der Waals surface area contributed by atoms with Gasteiger partial charge in [0.15, 0.2) is 0 Å². The van der Waals surface area contributed by atoms with Crippen molar-refractivity contribution in [2.75, 3.05) is 0 Å². The summed E-state index contributed by atoms with van der Waals surface area (Å²) in [5, 5.41) is 0. The van der Waals surface area contributed by atoms with Gasteiger partial charge in [0.05, 0.1) is 0 Å². The second kappa shape index (κ2) is 10.1. The molecule has 0 amide bonds. The third-order valence-corrected chi connectivity index (χ3v) is 7.07. The van der Waals surface area contributed by atoms with Crippen LogP contribution in [0.3, 0.4) is 0 Å². The SMILES string of the molecule is Cc1ccc(C)c(-c2cc(-c3c[c-]c(-c4cnccn4)s3)cc(-c3cc(C)ccc3C)c2)c1.[Ir]. The molecular formula is C30H25IrN2S-. The first kappa shape index (κ1) is 24.2. The van der Waals surface area contributed by atoms with Crippen LogP contribution in [0.4, 0.5) is 0 Å². The molecule has 5 rings (SSSR count). The van der Waals surface area contributed by atoms with Crippen LogP contribution in [0.1, 0.15) is 22.3 Å². The van der Waals surface area contributed by atoms with Gasteiger partial charge in [-0.3, -0.25) is 4.98 Å². The van der Waals surface area contributed by atoms with E-state index in [9.17, 15) is 0 Å². The number of nitrogens with zero attached hydrogens (tertiary/aromatic N) is 2. The fourth-order valence-electron chi connectivity index (χ4n) is 4.16. The predicted molar refractivity (Wildman–Crippen MR) is 139 cm³/mol. The van der Waals surface area contributed by atoms with Gasteiger partial charge in [0.1, 0.15) is 0 Å². The van der Waals surface area contributed by atoms with Crippen molar-refractivity contribution < 1.29 is 20.1 Å². The summed E-state index contributed by atoms with van der Waals surface area (Å²) in [4.78, 5) is 10.8. The Hall–Kier alpha value is -2.91. The molecule has 3 aromatic carbocycles. The van der Waals surface area contributed by atoms with Crippen LogP contribution < -0.4 is 0 Å². The number of rotatable bonds is 4. The minimum Gasteiger partial charge on any atom is -0.316 e. The largest absolute Gasteiger partial charge is 0.316 e. The van der Waals surface area contributed by atoms with Crippen molar-refractivity contribution in [3.63, 3.8) is 0 Å².